The number of carbonyl (C=O) groups excluding carboxylic acids is 1. The van der Waals surface area contributed by atoms with Gasteiger partial charge in [0.2, 0.25) is 0 Å². The summed E-state index contributed by atoms with van der Waals surface area (Å²) in [5.74, 6) is 0. The van der Waals surface area contributed by atoms with Crippen molar-refractivity contribution in [2.75, 3.05) is 0 Å². The van der Waals surface area contributed by atoms with E-state index in [0.717, 1.165) is 44.1 Å². The molecule has 2 bridgehead atoms. The molecule has 6 heteroatoms. The van der Waals surface area contributed by atoms with Crippen LogP contribution in [0.4, 0.5) is 4.79 Å². The van der Waals surface area contributed by atoms with Crippen LogP contribution in [0.5, 0.6) is 0 Å². The molecule has 1 aromatic rings. The molecule has 3 rings (SSSR count). The van der Waals surface area contributed by atoms with Gasteiger partial charge in [0.1, 0.15) is 5.60 Å². The predicted octanol–water partition coefficient (Wildman–Crippen LogP) is 6.38. The van der Waals surface area contributed by atoms with Gasteiger partial charge in [0.25, 0.3) is 0 Å². The zero-order valence-electron chi connectivity index (χ0n) is 17.2. The molecule has 1 N–H and O–H groups in total. The van der Waals surface area contributed by atoms with Gasteiger partial charge in [-0.05, 0) is 70.6 Å². The molecule has 0 spiro atoms. The summed E-state index contributed by atoms with van der Waals surface area (Å²) in [6.45, 7) is 7.80. The summed E-state index contributed by atoms with van der Waals surface area (Å²) in [7, 11) is 0. The fraction of sp³-hybridized carbons (Fsp3) is 0.682. The average molecular weight is 428 g/mol. The van der Waals surface area contributed by atoms with E-state index >= 15 is 0 Å². The number of piperidine rings is 1. The summed E-state index contributed by atoms with van der Waals surface area (Å²) in [6, 6.07) is 5.49. The van der Waals surface area contributed by atoms with E-state index in [9.17, 15) is 9.90 Å². The maximum absolute atomic E-state index is 13.0. The summed E-state index contributed by atoms with van der Waals surface area (Å²) in [6.07, 6.45) is 4.42. The number of aliphatic hydroxyl groups excluding tert-OH is 1. The zero-order valence-corrected chi connectivity index (χ0v) is 18.7. The summed E-state index contributed by atoms with van der Waals surface area (Å²) in [5, 5.41) is 12.4. The maximum Gasteiger partial charge on any atom is 0.410 e. The molecule has 0 aromatic heterocycles. The third kappa shape index (κ3) is 4.01. The molecular weight excluding hydrogens is 397 g/mol. The number of benzene rings is 1. The van der Waals surface area contributed by atoms with Gasteiger partial charge in [-0.15, -0.1) is 0 Å². The number of rotatable bonds is 4. The molecule has 0 radical (unpaired) electrons. The number of fused-ring (bicyclic) bond motifs is 2. The third-order valence-corrected chi connectivity index (χ3v) is 6.97. The molecule has 1 unspecified atom stereocenters. The first kappa shape index (κ1) is 21.7. The molecule has 2 saturated heterocycles. The molecule has 2 heterocycles. The Bertz CT molecular complexity index is 733. The summed E-state index contributed by atoms with van der Waals surface area (Å²) in [5.41, 5.74) is -0.183. The summed E-state index contributed by atoms with van der Waals surface area (Å²) < 4.78 is 5.72. The van der Waals surface area contributed by atoms with Crippen LogP contribution in [0.15, 0.2) is 18.2 Å². The fourth-order valence-electron chi connectivity index (χ4n) is 5.15. The number of aliphatic hydroxyl groups is 1. The number of carbonyl (C=O) groups is 1. The molecule has 4 nitrogen and oxygen atoms in total. The highest BCUT2D eigenvalue weighted by atomic mass is 35.5. The Balaban J connectivity index is 1.97. The number of hydrogen-bond donors (Lipinski definition) is 1. The highest BCUT2D eigenvalue weighted by Gasteiger charge is 2.56. The lowest BCUT2D eigenvalue weighted by molar-refractivity contribution is -0.0834. The molecular formula is C22H31Cl2NO3. The van der Waals surface area contributed by atoms with E-state index in [1.165, 1.54) is 0 Å². The van der Waals surface area contributed by atoms with E-state index in [4.69, 9.17) is 27.9 Å². The van der Waals surface area contributed by atoms with Crippen LogP contribution < -0.4 is 0 Å². The maximum atomic E-state index is 13.0. The van der Waals surface area contributed by atoms with Crippen molar-refractivity contribution in [3.05, 3.63) is 33.8 Å². The Kier molecular flexibility index (Phi) is 6.24. The molecule has 28 heavy (non-hydrogen) atoms. The van der Waals surface area contributed by atoms with Crippen molar-refractivity contribution in [1.29, 1.82) is 0 Å². The highest BCUT2D eigenvalue weighted by molar-refractivity contribution is 6.42. The third-order valence-electron chi connectivity index (χ3n) is 6.23. The summed E-state index contributed by atoms with van der Waals surface area (Å²) in [4.78, 5) is 14.9. The SMILES string of the molecule is CCC[C@]1(C(O)c2ccc(Cl)c(Cl)c2)CC[C@@H]2CC[C@H]1N2C(=O)OC(C)(C)C. The van der Waals surface area contributed by atoms with Crippen molar-refractivity contribution in [2.45, 2.75) is 90.0 Å². The van der Waals surface area contributed by atoms with Crippen molar-refractivity contribution in [1.82, 2.24) is 4.90 Å². The Morgan fingerprint density at radius 1 is 1.29 bits per heavy atom. The van der Waals surface area contributed by atoms with E-state index in [2.05, 4.69) is 6.92 Å². The molecule has 4 atom stereocenters. The number of amides is 1. The van der Waals surface area contributed by atoms with E-state index in [1.54, 1.807) is 12.1 Å². The standard InChI is InChI=1S/C22H31Cl2NO3/c1-5-11-22(19(26)14-6-8-16(23)17(24)13-14)12-10-15-7-9-18(22)25(15)20(27)28-21(2,3)4/h6,8,13,15,18-19,26H,5,7,9-12H2,1-4H3/t15-,18+,19?,22-/m0/s1. The van der Waals surface area contributed by atoms with Gasteiger partial charge in [0, 0.05) is 17.5 Å². The Morgan fingerprint density at radius 3 is 2.61 bits per heavy atom. The van der Waals surface area contributed by atoms with E-state index in [0.29, 0.717) is 10.0 Å². The van der Waals surface area contributed by atoms with Crippen LogP contribution in [0.3, 0.4) is 0 Å². The highest BCUT2D eigenvalue weighted by Crippen LogP contribution is 2.56. The van der Waals surface area contributed by atoms with Crippen LogP contribution >= 0.6 is 23.2 Å². The predicted molar refractivity (Wildman–Crippen MR) is 113 cm³/mol. The van der Waals surface area contributed by atoms with Gasteiger partial charge in [0.15, 0.2) is 0 Å². The van der Waals surface area contributed by atoms with Crippen LogP contribution in [0.2, 0.25) is 10.0 Å². The Morgan fingerprint density at radius 2 is 2.00 bits per heavy atom. The van der Waals surface area contributed by atoms with Crippen molar-refractivity contribution >= 4 is 29.3 Å². The minimum atomic E-state index is -0.712. The first-order chi connectivity index (χ1) is 13.1. The Labute approximate surface area is 178 Å². The molecule has 2 fully saturated rings. The van der Waals surface area contributed by atoms with Gasteiger partial charge < -0.3 is 14.7 Å². The van der Waals surface area contributed by atoms with Crippen molar-refractivity contribution in [3.8, 4) is 0 Å². The van der Waals surface area contributed by atoms with Gasteiger partial charge in [-0.25, -0.2) is 4.79 Å². The van der Waals surface area contributed by atoms with Gasteiger partial charge in [-0.1, -0.05) is 42.6 Å². The van der Waals surface area contributed by atoms with E-state index in [-0.39, 0.29) is 18.2 Å². The number of halogens is 2. The lowest BCUT2D eigenvalue weighted by Crippen LogP contribution is -2.56. The lowest BCUT2D eigenvalue weighted by Gasteiger charge is -2.51. The molecule has 1 amide bonds. The van der Waals surface area contributed by atoms with Gasteiger partial charge >= 0.3 is 6.09 Å². The molecule has 0 aliphatic carbocycles. The first-order valence-electron chi connectivity index (χ1n) is 10.2. The van der Waals surface area contributed by atoms with E-state index in [1.807, 2.05) is 31.7 Å². The minimum Gasteiger partial charge on any atom is -0.444 e. The molecule has 156 valence electrons. The second kappa shape index (κ2) is 8.04. The normalized spacial score (nSPS) is 28.3. The average Bonchev–Trinajstić information content (AvgIpc) is 2.95. The van der Waals surface area contributed by atoms with Gasteiger partial charge in [0.05, 0.1) is 16.1 Å². The van der Waals surface area contributed by atoms with Crippen molar-refractivity contribution in [3.63, 3.8) is 0 Å². The number of nitrogens with zero attached hydrogens (tertiary/aromatic N) is 1. The van der Waals surface area contributed by atoms with E-state index < -0.39 is 17.1 Å². The Hall–Kier alpha value is -0.970. The number of hydrogen-bond acceptors (Lipinski definition) is 3. The smallest absolute Gasteiger partial charge is 0.410 e. The van der Waals surface area contributed by atoms with Crippen LogP contribution in [0, 0.1) is 5.41 Å². The van der Waals surface area contributed by atoms with Gasteiger partial charge in [-0.3, -0.25) is 0 Å². The molecule has 1 aromatic carbocycles. The monoisotopic (exact) mass is 427 g/mol. The molecule has 2 aliphatic rings. The van der Waals surface area contributed by atoms with Crippen molar-refractivity contribution < 1.29 is 14.6 Å². The van der Waals surface area contributed by atoms with Crippen LogP contribution in [-0.2, 0) is 4.74 Å². The topological polar surface area (TPSA) is 49.8 Å². The first-order valence-corrected chi connectivity index (χ1v) is 11.0. The minimum absolute atomic E-state index is 0.0366. The molecule has 2 aliphatic heterocycles. The largest absolute Gasteiger partial charge is 0.444 e. The van der Waals surface area contributed by atoms with Gasteiger partial charge in [-0.2, -0.15) is 0 Å². The second-order valence-electron chi connectivity index (χ2n) is 9.23. The molecule has 0 saturated carbocycles. The second-order valence-corrected chi connectivity index (χ2v) is 10.0. The van der Waals surface area contributed by atoms with Crippen LogP contribution in [0.25, 0.3) is 0 Å². The lowest BCUT2D eigenvalue weighted by atomic mass is 9.65. The van der Waals surface area contributed by atoms with Crippen molar-refractivity contribution in [2.24, 2.45) is 5.41 Å². The zero-order chi connectivity index (χ0) is 20.7. The number of ether oxygens (including phenoxy) is 1. The quantitative estimate of drug-likeness (QED) is 0.606. The summed E-state index contributed by atoms with van der Waals surface area (Å²) >= 11 is 12.3. The fourth-order valence-corrected chi connectivity index (χ4v) is 5.46. The van der Waals surface area contributed by atoms with Crippen LogP contribution in [0.1, 0.15) is 77.9 Å². The van der Waals surface area contributed by atoms with Crippen LogP contribution in [-0.4, -0.2) is 33.8 Å².